The number of esters is 1. The molecule has 1 saturated heterocycles. The molecule has 4 rings (SSSR count). The Morgan fingerprint density at radius 3 is 2.06 bits per heavy atom. The number of nitrogens with zero attached hydrogens (tertiary/aromatic N) is 1. The van der Waals surface area contributed by atoms with Crippen LogP contribution in [0.1, 0.15) is 35.2 Å². The van der Waals surface area contributed by atoms with Gasteiger partial charge in [-0.1, -0.05) is 77.9 Å². The molecule has 0 aromatic heterocycles. The summed E-state index contributed by atoms with van der Waals surface area (Å²) in [5.74, 6) is -0.509. The lowest BCUT2D eigenvalue weighted by atomic mass is 10.0. The van der Waals surface area contributed by atoms with Gasteiger partial charge < -0.3 is 4.74 Å². The maximum absolute atomic E-state index is 13.7. The van der Waals surface area contributed by atoms with Gasteiger partial charge in [-0.05, 0) is 50.1 Å². The predicted octanol–water partition coefficient (Wildman–Crippen LogP) is 5.06. The van der Waals surface area contributed by atoms with Crippen LogP contribution < -0.4 is 0 Å². The zero-order chi connectivity index (χ0) is 23.6. The van der Waals surface area contributed by atoms with Crippen molar-refractivity contribution in [1.29, 1.82) is 0 Å². The summed E-state index contributed by atoms with van der Waals surface area (Å²) in [5.41, 5.74) is 4.02. The molecule has 0 amide bonds. The van der Waals surface area contributed by atoms with Gasteiger partial charge in [-0.25, -0.2) is 13.2 Å². The highest BCUT2D eigenvalue weighted by atomic mass is 32.2. The largest absolute Gasteiger partial charge is 0.463 e. The van der Waals surface area contributed by atoms with Gasteiger partial charge in [-0.3, -0.25) is 0 Å². The molecule has 0 bridgehead atoms. The van der Waals surface area contributed by atoms with Crippen molar-refractivity contribution in [2.45, 2.75) is 37.8 Å². The smallest absolute Gasteiger partial charge is 0.335 e. The number of rotatable bonds is 7. The van der Waals surface area contributed by atoms with E-state index in [1.807, 2.05) is 68.4 Å². The van der Waals surface area contributed by atoms with Crippen LogP contribution in [-0.4, -0.2) is 31.3 Å². The number of hydrogen-bond acceptors (Lipinski definition) is 4. The van der Waals surface area contributed by atoms with Crippen molar-refractivity contribution in [2.75, 3.05) is 6.61 Å². The quantitative estimate of drug-likeness (QED) is 0.280. The number of aryl methyl sites for hydroxylation is 2. The minimum Gasteiger partial charge on any atom is -0.463 e. The second-order valence-electron chi connectivity index (χ2n) is 8.18. The summed E-state index contributed by atoms with van der Waals surface area (Å²) < 4.78 is 34.0. The van der Waals surface area contributed by atoms with Crippen molar-refractivity contribution in [3.8, 4) is 0 Å². The summed E-state index contributed by atoms with van der Waals surface area (Å²) in [7, 11) is -3.84. The minimum atomic E-state index is -3.84. The molecule has 1 aliphatic heterocycles. The molecule has 0 saturated carbocycles. The zero-order valence-corrected chi connectivity index (χ0v) is 19.7. The van der Waals surface area contributed by atoms with E-state index < -0.39 is 28.1 Å². The van der Waals surface area contributed by atoms with Gasteiger partial charge in [0.15, 0.2) is 0 Å². The third-order valence-corrected chi connectivity index (χ3v) is 7.60. The molecule has 1 fully saturated rings. The second kappa shape index (κ2) is 9.33. The lowest BCUT2D eigenvalue weighted by Gasteiger charge is -2.09. The van der Waals surface area contributed by atoms with E-state index in [9.17, 15) is 13.2 Å². The summed E-state index contributed by atoms with van der Waals surface area (Å²) in [5, 5.41) is 0. The summed E-state index contributed by atoms with van der Waals surface area (Å²) >= 11 is 0. The fraction of sp³-hybridized carbons (Fsp3) is 0.222. The molecular weight excluding hydrogens is 434 g/mol. The number of ether oxygens (including phenoxy) is 1. The van der Waals surface area contributed by atoms with Crippen LogP contribution >= 0.6 is 0 Å². The first-order chi connectivity index (χ1) is 15.8. The first-order valence-corrected chi connectivity index (χ1v) is 12.4. The van der Waals surface area contributed by atoms with Gasteiger partial charge in [0.2, 0.25) is 10.0 Å². The van der Waals surface area contributed by atoms with Crippen LogP contribution in [0, 0.1) is 13.8 Å². The standard InChI is InChI=1S/C27H27NO4S/c1-4-32-27(29)24(18-21-8-6-5-7-9-21)26-25(22-14-10-19(2)11-15-22)28(26)33(30,31)23-16-12-20(3)13-17-23/h5-18,25-26H,4H2,1-3H3/b24-18+/t25-,26+,28?/m0/s1. The van der Waals surface area contributed by atoms with Crippen molar-refractivity contribution in [1.82, 2.24) is 4.31 Å². The minimum absolute atomic E-state index is 0.204. The van der Waals surface area contributed by atoms with Crippen molar-refractivity contribution < 1.29 is 17.9 Å². The average molecular weight is 462 g/mol. The monoisotopic (exact) mass is 461 g/mol. The predicted molar refractivity (Wildman–Crippen MR) is 129 cm³/mol. The fourth-order valence-electron chi connectivity index (χ4n) is 3.95. The zero-order valence-electron chi connectivity index (χ0n) is 18.9. The van der Waals surface area contributed by atoms with Crippen molar-refractivity contribution in [3.05, 3.63) is 107 Å². The van der Waals surface area contributed by atoms with E-state index in [0.717, 1.165) is 22.3 Å². The Balaban J connectivity index is 1.82. The normalized spacial score (nSPS) is 20.3. The van der Waals surface area contributed by atoms with Crippen LogP contribution in [0.25, 0.3) is 6.08 Å². The molecule has 3 aromatic rings. The molecule has 170 valence electrons. The Bertz CT molecular complexity index is 1260. The van der Waals surface area contributed by atoms with E-state index in [1.54, 1.807) is 37.3 Å². The van der Waals surface area contributed by atoms with Gasteiger partial charge in [-0.15, -0.1) is 0 Å². The molecule has 1 unspecified atom stereocenters. The first-order valence-electron chi connectivity index (χ1n) is 10.9. The van der Waals surface area contributed by atoms with Crippen LogP contribution in [0.2, 0.25) is 0 Å². The van der Waals surface area contributed by atoms with Gasteiger partial charge in [-0.2, -0.15) is 4.31 Å². The van der Waals surface area contributed by atoms with Crippen LogP contribution in [0.3, 0.4) is 0 Å². The summed E-state index contributed by atoms with van der Waals surface area (Å²) in [6.07, 6.45) is 1.73. The molecular formula is C27H27NO4S. The maximum atomic E-state index is 13.7. The van der Waals surface area contributed by atoms with Gasteiger partial charge >= 0.3 is 5.97 Å². The molecule has 1 heterocycles. The highest BCUT2D eigenvalue weighted by Gasteiger charge is 2.59. The number of hydrogen-bond donors (Lipinski definition) is 0. The lowest BCUT2D eigenvalue weighted by Crippen LogP contribution is -2.19. The molecule has 0 radical (unpaired) electrons. The van der Waals surface area contributed by atoms with Gasteiger partial charge in [0, 0.05) is 0 Å². The number of benzene rings is 3. The molecule has 3 atom stereocenters. The van der Waals surface area contributed by atoms with E-state index in [0.29, 0.717) is 5.57 Å². The number of sulfonamides is 1. The molecule has 5 nitrogen and oxygen atoms in total. The maximum Gasteiger partial charge on any atom is 0.335 e. The van der Waals surface area contributed by atoms with Crippen LogP contribution in [0.4, 0.5) is 0 Å². The van der Waals surface area contributed by atoms with E-state index >= 15 is 0 Å². The summed E-state index contributed by atoms with van der Waals surface area (Å²) in [6.45, 7) is 5.84. The summed E-state index contributed by atoms with van der Waals surface area (Å²) in [4.78, 5) is 13.2. The van der Waals surface area contributed by atoms with Gasteiger partial charge in [0.1, 0.15) is 0 Å². The van der Waals surface area contributed by atoms with Crippen LogP contribution in [0.15, 0.2) is 89.3 Å². The van der Waals surface area contributed by atoms with Gasteiger partial charge in [0.25, 0.3) is 0 Å². The van der Waals surface area contributed by atoms with E-state index in [-0.39, 0.29) is 11.5 Å². The Morgan fingerprint density at radius 1 is 0.909 bits per heavy atom. The topological polar surface area (TPSA) is 63.5 Å². The van der Waals surface area contributed by atoms with Crippen LogP contribution in [0.5, 0.6) is 0 Å². The second-order valence-corrected chi connectivity index (χ2v) is 10.0. The highest BCUT2D eigenvalue weighted by molar-refractivity contribution is 7.89. The van der Waals surface area contributed by atoms with Crippen LogP contribution in [-0.2, 0) is 19.6 Å². The first kappa shape index (κ1) is 23.0. The van der Waals surface area contributed by atoms with Crippen molar-refractivity contribution in [2.24, 2.45) is 0 Å². The van der Waals surface area contributed by atoms with E-state index in [2.05, 4.69) is 0 Å². The third-order valence-electron chi connectivity index (χ3n) is 5.72. The molecule has 6 heteroatoms. The molecule has 0 aliphatic carbocycles. The SMILES string of the molecule is CCOC(=O)/C(=C/c1ccccc1)[C@@H]1[C@H](c2ccc(C)cc2)N1S(=O)(=O)c1ccc(C)cc1. The lowest BCUT2D eigenvalue weighted by molar-refractivity contribution is -0.138. The van der Waals surface area contributed by atoms with Crippen molar-refractivity contribution in [3.63, 3.8) is 0 Å². The molecule has 0 spiro atoms. The third kappa shape index (κ3) is 4.77. The Kier molecular flexibility index (Phi) is 6.49. The number of carbonyl (C=O) groups excluding carboxylic acids is 1. The Morgan fingerprint density at radius 2 is 1.48 bits per heavy atom. The average Bonchev–Trinajstić information content (AvgIpc) is 3.55. The fourth-order valence-corrected chi connectivity index (χ4v) is 5.68. The molecule has 0 N–H and O–H groups in total. The summed E-state index contributed by atoms with van der Waals surface area (Å²) in [6, 6.07) is 22.8. The Hall–Kier alpha value is -3.22. The molecule has 3 aromatic carbocycles. The van der Waals surface area contributed by atoms with Gasteiger partial charge in [0.05, 0.1) is 29.2 Å². The molecule has 1 aliphatic rings. The van der Waals surface area contributed by atoms with E-state index in [4.69, 9.17) is 4.74 Å². The highest BCUT2D eigenvalue weighted by Crippen LogP contribution is 2.51. The molecule has 33 heavy (non-hydrogen) atoms. The number of carbonyl (C=O) groups is 1. The van der Waals surface area contributed by atoms with E-state index in [1.165, 1.54) is 4.31 Å². The Labute approximate surface area is 195 Å². The van der Waals surface area contributed by atoms with Crippen molar-refractivity contribution >= 4 is 22.1 Å².